The number of carboxylic acid groups (broad SMARTS) is 1. The molecule has 25 heavy (non-hydrogen) atoms. The smallest absolute Gasteiger partial charge is 0.305 e. The number of carbonyl (C=O) groups is 2. The summed E-state index contributed by atoms with van der Waals surface area (Å²) in [5, 5.41) is 12.1. The molecule has 2 N–H and O–H groups in total. The third-order valence-electron chi connectivity index (χ3n) is 4.49. The number of ether oxygens (including phenoxy) is 1. The molecule has 0 saturated carbocycles. The molecule has 0 bridgehead atoms. The van der Waals surface area contributed by atoms with Crippen molar-refractivity contribution in [3.8, 4) is 0 Å². The third-order valence-corrected chi connectivity index (χ3v) is 4.49. The molecule has 2 unspecified atom stereocenters. The third kappa shape index (κ3) is 3.88. The standard InChI is InChI=1S/C20H21NO4/c1-13-6-2-4-8-15(13)17(12-18(22)23)21-20(24)19-16-9-5-3-7-14(16)10-11-25-19/h2-9,17,19H,10-12H2,1H3,(H,21,24)(H,22,23). The van der Waals surface area contributed by atoms with E-state index in [2.05, 4.69) is 5.32 Å². The van der Waals surface area contributed by atoms with Gasteiger partial charge in [0, 0.05) is 0 Å². The summed E-state index contributed by atoms with van der Waals surface area (Å²) in [5.41, 5.74) is 3.70. The molecule has 1 aliphatic heterocycles. The van der Waals surface area contributed by atoms with Crippen LogP contribution in [0.25, 0.3) is 0 Å². The molecule has 2 aromatic carbocycles. The second kappa shape index (κ2) is 7.49. The normalized spacial score (nSPS) is 17.4. The topological polar surface area (TPSA) is 75.6 Å². The zero-order valence-corrected chi connectivity index (χ0v) is 14.1. The highest BCUT2D eigenvalue weighted by Crippen LogP contribution is 2.29. The second-order valence-corrected chi connectivity index (χ2v) is 6.22. The maximum atomic E-state index is 12.8. The van der Waals surface area contributed by atoms with E-state index in [4.69, 9.17) is 4.74 Å². The molecule has 0 radical (unpaired) electrons. The molecule has 2 atom stereocenters. The van der Waals surface area contributed by atoms with Gasteiger partial charge in [0.15, 0.2) is 6.10 Å². The van der Waals surface area contributed by atoms with Gasteiger partial charge in [-0.3, -0.25) is 9.59 Å². The second-order valence-electron chi connectivity index (χ2n) is 6.22. The first-order chi connectivity index (χ1) is 12.1. The molecule has 3 rings (SSSR count). The van der Waals surface area contributed by atoms with Crippen LogP contribution in [0, 0.1) is 6.92 Å². The molecule has 130 valence electrons. The Kier molecular flexibility index (Phi) is 5.14. The van der Waals surface area contributed by atoms with Crippen LogP contribution >= 0.6 is 0 Å². The van der Waals surface area contributed by atoms with Crippen molar-refractivity contribution in [1.29, 1.82) is 0 Å². The molecule has 1 amide bonds. The zero-order valence-electron chi connectivity index (χ0n) is 14.1. The first-order valence-corrected chi connectivity index (χ1v) is 8.33. The minimum atomic E-state index is -0.960. The number of rotatable bonds is 5. The first kappa shape index (κ1) is 17.2. The van der Waals surface area contributed by atoms with Gasteiger partial charge in [-0.15, -0.1) is 0 Å². The molecule has 1 heterocycles. The summed E-state index contributed by atoms with van der Waals surface area (Å²) in [6.07, 6.45) is -0.105. The van der Waals surface area contributed by atoms with Gasteiger partial charge in [-0.25, -0.2) is 0 Å². The molecule has 5 heteroatoms. The number of benzene rings is 2. The minimum Gasteiger partial charge on any atom is -0.481 e. The van der Waals surface area contributed by atoms with Gasteiger partial charge in [0.2, 0.25) is 0 Å². The molecular formula is C20H21NO4. The number of aryl methyl sites for hydroxylation is 1. The van der Waals surface area contributed by atoms with Crippen molar-refractivity contribution in [3.63, 3.8) is 0 Å². The van der Waals surface area contributed by atoms with Crippen LogP contribution in [0.5, 0.6) is 0 Å². The van der Waals surface area contributed by atoms with E-state index in [-0.39, 0.29) is 12.3 Å². The lowest BCUT2D eigenvalue weighted by atomic mass is 9.95. The van der Waals surface area contributed by atoms with Gasteiger partial charge in [-0.2, -0.15) is 0 Å². The van der Waals surface area contributed by atoms with Gasteiger partial charge >= 0.3 is 5.97 Å². The highest BCUT2D eigenvalue weighted by atomic mass is 16.5. The fourth-order valence-corrected chi connectivity index (χ4v) is 3.25. The van der Waals surface area contributed by atoms with Crippen molar-refractivity contribution in [2.75, 3.05) is 6.61 Å². The summed E-state index contributed by atoms with van der Waals surface area (Å²) in [6, 6.07) is 14.6. The van der Waals surface area contributed by atoms with E-state index in [0.29, 0.717) is 6.61 Å². The van der Waals surface area contributed by atoms with E-state index in [9.17, 15) is 14.7 Å². The van der Waals surface area contributed by atoms with Crippen molar-refractivity contribution in [1.82, 2.24) is 5.32 Å². The Bertz CT molecular complexity index is 787. The summed E-state index contributed by atoms with van der Waals surface area (Å²) in [5.74, 6) is -1.26. The Hall–Kier alpha value is -2.66. The highest BCUT2D eigenvalue weighted by Gasteiger charge is 2.30. The maximum absolute atomic E-state index is 12.8. The van der Waals surface area contributed by atoms with E-state index >= 15 is 0 Å². The molecule has 2 aromatic rings. The average Bonchev–Trinajstić information content (AvgIpc) is 2.60. The lowest BCUT2D eigenvalue weighted by molar-refractivity contribution is -0.139. The average molecular weight is 339 g/mol. The molecule has 0 aromatic heterocycles. The van der Waals surface area contributed by atoms with Gasteiger partial charge in [0.1, 0.15) is 0 Å². The fourth-order valence-electron chi connectivity index (χ4n) is 3.25. The molecule has 1 aliphatic rings. The maximum Gasteiger partial charge on any atom is 0.305 e. The van der Waals surface area contributed by atoms with Crippen LogP contribution in [-0.4, -0.2) is 23.6 Å². The number of carbonyl (C=O) groups excluding carboxylic acids is 1. The fraction of sp³-hybridized carbons (Fsp3) is 0.300. The lowest BCUT2D eigenvalue weighted by Gasteiger charge is -2.27. The van der Waals surface area contributed by atoms with Gasteiger partial charge in [0.05, 0.1) is 19.1 Å². The minimum absolute atomic E-state index is 0.176. The van der Waals surface area contributed by atoms with E-state index in [1.807, 2.05) is 55.5 Å². The monoisotopic (exact) mass is 339 g/mol. The Balaban J connectivity index is 1.84. The number of hydrogen-bond donors (Lipinski definition) is 2. The number of fused-ring (bicyclic) bond motifs is 1. The summed E-state index contributed by atoms with van der Waals surface area (Å²) in [6.45, 7) is 2.38. The Morgan fingerprint density at radius 1 is 1.20 bits per heavy atom. The summed E-state index contributed by atoms with van der Waals surface area (Å²) in [4.78, 5) is 24.1. The van der Waals surface area contributed by atoms with Gasteiger partial charge in [0.25, 0.3) is 5.91 Å². The molecular weight excluding hydrogens is 318 g/mol. The largest absolute Gasteiger partial charge is 0.481 e. The molecule has 0 spiro atoms. The van der Waals surface area contributed by atoms with Crippen molar-refractivity contribution in [2.24, 2.45) is 0 Å². The van der Waals surface area contributed by atoms with Crippen molar-refractivity contribution in [3.05, 3.63) is 70.8 Å². The van der Waals surface area contributed by atoms with Crippen LogP contribution < -0.4 is 5.32 Å². The Morgan fingerprint density at radius 2 is 1.92 bits per heavy atom. The van der Waals surface area contributed by atoms with Gasteiger partial charge in [-0.05, 0) is 35.6 Å². The summed E-state index contributed by atoms with van der Waals surface area (Å²) >= 11 is 0. The quantitative estimate of drug-likeness (QED) is 0.878. The van der Waals surface area contributed by atoms with Crippen LogP contribution in [0.2, 0.25) is 0 Å². The number of amides is 1. The molecule has 0 saturated heterocycles. The van der Waals surface area contributed by atoms with Crippen LogP contribution in [0.15, 0.2) is 48.5 Å². The Labute approximate surface area is 146 Å². The van der Waals surface area contributed by atoms with E-state index < -0.39 is 18.1 Å². The van der Waals surface area contributed by atoms with Gasteiger partial charge < -0.3 is 15.2 Å². The molecule has 5 nitrogen and oxygen atoms in total. The summed E-state index contributed by atoms with van der Waals surface area (Å²) in [7, 11) is 0. The summed E-state index contributed by atoms with van der Waals surface area (Å²) < 4.78 is 5.68. The number of carboxylic acids is 1. The predicted molar refractivity (Wildman–Crippen MR) is 93.2 cm³/mol. The lowest BCUT2D eigenvalue weighted by Crippen LogP contribution is -2.37. The van der Waals surface area contributed by atoms with E-state index in [1.54, 1.807) is 0 Å². The molecule has 0 aliphatic carbocycles. The van der Waals surface area contributed by atoms with Crippen LogP contribution in [0.4, 0.5) is 0 Å². The van der Waals surface area contributed by atoms with Crippen molar-refractivity contribution < 1.29 is 19.4 Å². The van der Waals surface area contributed by atoms with E-state index in [1.165, 1.54) is 0 Å². The first-order valence-electron chi connectivity index (χ1n) is 8.33. The van der Waals surface area contributed by atoms with Gasteiger partial charge in [-0.1, -0.05) is 48.5 Å². The highest BCUT2D eigenvalue weighted by molar-refractivity contribution is 5.84. The number of aliphatic carboxylic acids is 1. The van der Waals surface area contributed by atoms with Crippen molar-refractivity contribution in [2.45, 2.75) is 31.9 Å². The number of nitrogens with one attached hydrogen (secondary N) is 1. The van der Waals surface area contributed by atoms with E-state index in [0.717, 1.165) is 28.7 Å². The SMILES string of the molecule is Cc1ccccc1C(CC(=O)O)NC(=O)C1OCCc2ccccc21. The van der Waals surface area contributed by atoms with Crippen molar-refractivity contribution >= 4 is 11.9 Å². The number of hydrogen-bond acceptors (Lipinski definition) is 3. The molecule has 0 fully saturated rings. The predicted octanol–water partition coefficient (Wildman–Crippen LogP) is 2.94. The van der Waals surface area contributed by atoms with Crippen LogP contribution in [-0.2, 0) is 20.7 Å². The van der Waals surface area contributed by atoms with Crippen LogP contribution in [0.3, 0.4) is 0 Å². The Morgan fingerprint density at radius 3 is 2.68 bits per heavy atom. The van der Waals surface area contributed by atoms with Crippen LogP contribution in [0.1, 0.15) is 40.8 Å². The zero-order chi connectivity index (χ0) is 17.8.